The van der Waals surface area contributed by atoms with E-state index in [-0.39, 0.29) is 12.0 Å². The first-order valence-corrected chi connectivity index (χ1v) is 8.56. The quantitative estimate of drug-likeness (QED) is 0.816. The molecular weight excluding hydrogens is 314 g/mol. The van der Waals surface area contributed by atoms with Crippen molar-refractivity contribution in [2.45, 2.75) is 58.7 Å². The van der Waals surface area contributed by atoms with Crippen molar-refractivity contribution in [2.24, 2.45) is 0 Å². The molecule has 2 atom stereocenters. The molecule has 0 bridgehead atoms. The lowest BCUT2D eigenvalue weighted by molar-refractivity contribution is -0.157. The summed E-state index contributed by atoms with van der Waals surface area (Å²) in [6, 6.07) is 9.35. The van der Waals surface area contributed by atoms with Crippen molar-refractivity contribution >= 4 is 5.97 Å². The molecule has 0 spiro atoms. The zero-order valence-corrected chi connectivity index (χ0v) is 15.6. The fourth-order valence-corrected chi connectivity index (χ4v) is 2.66. The largest absolute Gasteiger partial charge is 0.459 e. The van der Waals surface area contributed by atoms with Gasteiger partial charge in [0.05, 0.1) is 11.4 Å². The van der Waals surface area contributed by atoms with Gasteiger partial charge < -0.3 is 4.74 Å². The van der Waals surface area contributed by atoms with Gasteiger partial charge in [0, 0.05) is 18.4 Å². The van der Waals surface area contributed by atoms with Crippen LogP contribution in [0.4, 0.5) is 0 Å². The van der Waals surface area contributed by atoms with E-state index in [4.69, 9.17) is 4.74 Å². The van der Waals surface area contributed by atoms with Gasteiger partial charge in [0.25, 0.3) is 0 Å². The van der Waals surface area contributed by atoms with Crippen LogP contribution >= 0.6 is 0 Å². The Morgan fingerprint density at radius 2 is 1.80 bits per heavy atom. The molecule has 0 aliphatic rings. The van der Waals surface area contributed by atoms with Crippen LogP contribution in [0.3, 0.4) is 0 Å². The molecule has 0 amide bonds. The molecule has 0 aliphatic heterocycles. The van der Waals surface area contributed by atoms with Crippen molar-refractivity contribution in [1.82, 2.24) is 15.3 Å². The summed E-state index contributed by atoms with van der Waals surface area (Å²) in [6.07, 6.45) is 3.89. The maximum absolute atomic E-state index is 12.7. The van der Waals surface area contributed by atoms with Gasteiger partial charge in [-0.2, -0.15) is 0 Å². The fraction of sp³-hybridized carbons (Fsp3) is 0.450. The van der Waals surface area contributed by atoms with Crippen LogP contribution in [0.2, 0.25) is 0 Å². The van der Waals surface area contributed by atoms with Gasteiger partial charge in [-0.25, -0.2) is 0 Å². The second-order valence-electron chi connectivity index (χ2n) is 7.19. The van der Waals surface area contributed by atoms with Crippen LogP contribution in [0.5, 0.6) is 0 Å². The predicted octanol–water partition coefficient (Wildman–Crippen LogP) is 3.39. The summed E-state index contributed by atoms with van der Waals surface area (Å²) < 4.78 is 5.60. The molecule has 0 saturated carbocycles. The van der Waals surface area contributed by atoms with E-state index in [0.717, 1.165) is 17.0 Å². The van der Waals surface area contributed by atoms with Gasteiger partial charge in [-0.1, -0.05) is 30.3 Å². The molecule has 0 saturated heterocycles. The maximum atomic E-state index is 12.7. The molecule has 1 unspecified atom stereocenters. The Hall–Kier alpha value is -2.27. The molecule has 1 heterocycles. The molecule has 0 radical (unpaired) electrons. The van der Waals surface area contributed by atoms with E-state index in [2.05, 4.69) is 15.3 Å². The van der Waals surface area contributed by atoms with E-state index in [1.165, 1.54) is 0 Å². The summed E-state index contributed by atoms with van der Waals surface area (Å²) in [5, 5.41) is 3.37. The minimum Gasteiger partial charge on any atom is -0.459 e. The number of benzene rings is 1. The summed E-state index contributed by atoms with van der Waals surface area (Å²) in [5.74, 6) is -0.259. The van der Waals surface area contributed by atoms with Gasteiger partial charge in [0.1, 0.15) is 11.6 Å². The summed E-state index contributed by atoms with van der Waals surface area (Å²) >= 11 is 0. The van der Waals surface area contributed by atoms with Gasteiger partial charge in [-0.05, 0) is 46.6 Å². The number of nitrogens with one attached hydrogen (secondary N) is 1. The van der Waals surface area contributed by atoms with Crippen molar-refractivity contribution in [3.63, 3.8) is 0 Å². The number of carbonyl (C=O) groups excluding carboxylic acids is 1. The van der Waals surface area contributed by atoms with Gasteiger partial charge >= 0.3 is 5.97 Å². The van der Waals surface area contributed by atoms with Crippen molar-refractivity contribution in [1.29, 1.82) is 0 Å². The van der Waals surface area contributed by atoms with Crippen LogP contribution in [0, 0.1) is 6.92 Å². The van der Waals surface area contributed by atoms with E-state index < -0.39 is 11.6 Å². The topological polar surface area (TPSA) is 64.1 Å². The Morgan fingerprint density at radius 3 is 2.40 bits per heavy atom. The highest BCUT2D eigenvalue weighted by Gasteiger charge is 2.27. The highest BCUT2D eigenvalue weighted by Crippen LogP contribution is 2.17. The number of carbonyl (C=O) groups is 1. The monoisotopic (exact) mass is 341 g/mol. The molecule has 2 rings (SSSR count). The SMILES string of the molecule is Cc1nccnc1C(C)N[C@H](Cc1ccccc1)C(=O)OC(C)(C)C. The number of hydrogen-bond donors (Lipinski definition) is 1. The van der Waals surface area contributed by atoms with Crippen molar-refractivity contribution < 1.29 is 9.53 Å². The average Bonchev–Trinajstić information content (AvgIpc) is 2.54. The molecule has 2 aromatic rings. The number of aromatic nitrogens is 2. The highest BCUT2D eigenvalue weighted by molar-refractivity contribution is 5.76. The molecular formula is C20H27N3O2. The van der Waals surface area contributed by atoms with Crippen molar-refractivity contribution in [3.8, 4) is 0 Å². The Bertz CT molecular complexity index is 696. The molecule has 1 aromatic heterocycles. The molecule has 134 valence electrons. The lowest BCUT2D eigenvalue weighted by Crippen LogP contribution is -2.44. The van der Waals surface area contributed by atoms with E-state index in [9.17, 15) is 4.79 Å². The summed E-state index contributed by atoms with van der Waals surface area (Å²) in [5.41, 5.74) is 2.24. The summed E-state index contributed by atoms with van der Waals surface area (Å²) in [6.45, 7) is 9.53. The molecule has 0 aliphatic carbocycles. The minimum absolute atomic E-state index is 0.116. The van der Waals surface area contributed by atoms with Gasteiger partial charge in [0.15, 0.2) is 0 Å². The molecule has 5 nitrogen and oxygen atoms in total. The predicted molar refractivity (Wildman–Crippen MR) is 98.1 cm³/mol. The lowest BCUT2D eigenvalue weighted by atomic mass is 10.0. The maximum Gasteiger partial charge on any atom is 0.324 e. The number of esters is 1. The van der Waals surface area contributed by atoms with Gasteiger partial charge in [-0.15, -0.1) is 0 Å². The molecule has 5 heteroatoms. The Balaban J connectivity index is 2.18. The Labute approximate surface area is 149 Å². The normalized spacial score (nSPS) is 14.0. The molecule has 1 N–H and O–H groups in total. The minimum atomic E-state index is -0.528. The number of ether oxygens (including phenoxy) is 1. The molecule has 1 aromatic carbocycles. The first kappa shape index (κ1) is 19.1. The third-order valence-corrected chi connectivity index (χ3v) is 3.75. The van der Waals surface area contributed by atoms with Crippen LogP contribution in [0.25, 0.3) is 0 Å². The summed E-state index contributed by atoms with van der Waals surface area (Å²) in [4.78, 5) is 21.4. The second kappa shape index (κ2) is 8.21. The van der Waals surface area contributed by atoms with Crippen LogP contribution in [-0.2, 0) is 16.0 Å². The van der Waals surface area contributed by atoms with Crippen molar-refractivity contribution in [3.05, 3.63) is 59.7 Å². The number of rotatable bonds is 6. The Kier molecular flexibility index (Phi) is 6.26. The third-order valence-electron chi connectivity index (χ3n) is 3.75. The molecule has 25 heavy (non-hydrogen) atoms. The summed E-state index contributed by atoms with van der Waals surface area (Å²) in [7, 11) is 0. The van der Waals surface area contributed by atoms with E-state index in [0.29, 0.717) is 6.42 Å². The lowest BCUT2D eigenvalue weighted by Gasteiger charge is -2.27. The zero-order chi connectivity index (χ0) is 18.4. The van der Waals surface area contributed by atoms with E-state index in [1.807, 2.05) is 65.0 Å². The van der Waals surface area contributed by atoms with Crippen LogP contribution in [-0.4, -0.2) is 27.6 Å². The number of aryl methyl sites for hydroxylation is 1. The van der Waals surface area contributed by atoms with Crippen LogP contribution in [0.1, 0.15) is 50.7 Å². The van der Waals surface area contributed by atoms with Crippen LogP contribution in [0.15, 0.2) is 42.7 Å². The zero-order valence-electron chi connectivity index (χ0n) is 15.6. The second-order valence-corrected chi connectivity index (χ2v) is 7.19. The number of hydrogen-bond acceptors (Lipinski definition) is 5. The standard InChI is InChI=1S/C20H27N3O2/c1-14-18(22-12-11-21-14)15(2)23-17(19(24)25-20(3,4)5)13-16-9-7-6-8-10-16/h6-12,15,17,23H,13H2,1-5H3/t15?,17-/m1/s1. The van der Waals surface area contributed by atoms with Gasteiger partial charge in [-0.3, -0.25) is 20.1 Å². The fourth-order valence-electron chi connectivity index (χ4n) is 2.66. The van der Waals surface area contributed by atoms with E-state index >= 15 is 0 Å². The Morgan fingerprint density at radius 1 is 1.16 bits per heavy atom. The highest BCUT2D eigenvalue weighted by atomic mass is 16.6. The van der Waals surface area contributed by atoms with Crippen LogP contribution < -0.4 is 5.32 Å². The number of nitrogens with zero attached hydrogens (tertiary/aromatic N) is 2. The first-order valence-electron chi connectivity index (χ1n) is 8.56. The van der Waals surface area contributed by atoms with Gasteiger partial charge in [0.2, 0.25) is 0 Å². The van der Waals surface area contributed by atoms with Crippen molar-refractivity contribution in [2.75, 3.05) is 0 Å². The smallest absolute Gasteiger partial charge is 0.324 e. The van der Waals surface area contributed by atoms with E-state index in [1.54, 1.807) is 12.4 Å². The molecule has 0 fully saturated rings. The average molecular weight is 341 g/mol. The third kappa shape index (κ3) is 5.94. The first-order chi connectivity index (χ1) is 11.8.